The second kappa shape index (κ2) is 6.93. The Labute approximate surface area is 124 Å². The van der Waals surface area contributed by atoms with Crippen LogP contribution in [0.25, 0.3) is 0 Å². The highest BCUT2D eigenvalue weighted by Crippen LogP contribution is 2.36. The highest BCUT2D eigenvalue weighted by molar-refractivity contribution is 5.78. The zero-order chi connectivity index (χ0) is 14.6. The standard InChI is InChI=1S/C17H32N2O/c1-17(2,3)14-7-6-8-15(10-9-14)18-13-16(20)19-11-4-5-12-19/h14-15,18H,4-13H2,1-3H3. The van der Waals surface area contributed by atoms with Crippen molar-refractivity contribution < 1.29 is 4.79 Å². The largest absolute Gasteiger partial charge is 0.342 e. The molecule has 1 N–H and O–H groups in total. The minimum atomic E-state index is 0.305. The topological polar surface area (TPSA) is 32.3 Å². The zero-order valence-electron chi connectivity index (χ0n) is 13.6. The summed E-state index contributed by atoms with van der Waals surface area (Å²) in [4.78, 5) is 14.1. The highest BCUT2D eigenvalue weighted by Gasteiger charge is 2.28. The van der Waals surface area contributed by atoms with Crippen molar-refractivity contribution in [3.8, 4) is 0 Å². The van der Waals surface area contributed by atoms with Gasteiger partial charge in [0.15, 0.2) is 0 Å². The van der Waals surface area contributed by atoms with Crippen molar-refractivity contribution in [2.45, 2.75) is 71.8 Å². The molecule has 0 spiro atoms. The molecule has 2 rings (SSSR count). The van der Waals surface area contributed by atoms with Crippen molar-refractivity contribution in [1.82, 2.24) is 10.2 Å². The van der Waals surface area contributed by atoms with Gasteiger partial charge in [0.2, 0.25) is 5.91 Å². The number of carbonyl (C=O) groups excluding carboxylic acids is 1. The molecule has 3 nitrogen and oxygen atoms in total. The molecule has 0 aromatic carbocycles. The molecule has 1 saturated carbocycles. The summed E-state index contributed by atoms with van der Waals surface area (Å²) < 4.78 is 0. The van der Waals surface area contributed by atoms with Crippen LogP contribution in [-0.4, -0.2) is 36.5 Å². The molecule has 1 aliphatic heterocycles. The number of nitrogens with one attached hydrogen (secondary N) is 1. The van der Waals surface area contributed by atoms with E-state index in [0.717, 1.165) is 19.0 Å². The molecule has 1 aliphatic carbocycles. The highest BCUT2D eigenvalue weighted by atomic mass is 16.2. The Morgan fingerprint density at radius 3 is 2.40 bits per heavy atom. The second-order valence-electron chi connectivity index (χ2n) is 7.74. The third kappa shape index (κ3) is 4.47. The minimum Gasteiger partial charge on any atom is -0.342 e. The Bertz CT molecular complexity index is 315. The zero-order valence-corrected chi connectivity index (χ0v) is 13.6. The molecule has 0 radical (unpaired) electrons. The average Bonchev–Trinajstić information content (AvgIpc) is 2.80. The molecule has 2 aliphatic rings. The fourth-order valence-corrected chi connectivity index (χ4v) is 3.68. The summed E-state index contributed by atoms with van der Waals surface area (Å²) in [5.74, 6) is 1.14. The van der Waals surface area contributed by atoms with E-state index in [4.69, 9.17) is 0 Å². The van der Waals surface area contributed by atoms with Crippen LogP contribution in [-0.2, 0) is 4.79 Å². The van der Waals surface area contributed by atoms with Crippen LogP contribution in [0.5, 0.6) is 0 Å². The maximum absolute atomic E-state index is 12.1. The van der Waals surface area contributed by atoms with Crippen LogP contribution in [0.1, 0.15) is 65.7 Å². The monoisotopic (exact) mass is 280 g/mol. The van der Waals surface area contributed by atoms with Crippen LogP contribution in [0.15, 0.2) is 0 Å². The fourth-order valence-electron chi connectivity index (χ4n) is 3.68. The Hall–Kier alpha value is -0.570. The maximum Gasteiger partial charge on any atom is 0.236 e. The number of likely N-dealkylation sites (tertiary alicyclic amines) is 1. The van der Waals surface area contributed by atoms with E-state index in [1.54, 1.807) is 0 Å². The second-order valence-corrected chi connectivity index (χ2v) is 7.74. The Balaban J connectivity index is 1.72. The third-order valence-electron chi connectivity index (χ3n) is 5.19. The fraction of sp³-hybridized carbons (Fsp3) is 0.941. The van der Waals surface area contributed by atoms with E-state index < -0.39 is 0 Å². The maximum atomic E-state index is 12.1. The SMILES string of the molecule is CC(C)(C)C1CCCC(NCC(=O)N2CCCC2)CC1. The molecule has 3 heteroatoms. The van der Waals surface area contributed by atoms with Crippen molar-refractivity contribution in [3.05, 3.63) is 0 Å². The van der Waals surface area contributed by atoms with Gasteiger partial charge in [0, 0.05) is 19.1 Å². The first kappa shape index (κ1) is 15.8. The summed E-state index contributed by atoms with van der Waals surface area (Å²) in [6, 6.07) is 0.550. The molecule has 2 unspecified atom stereocenters. The molecule has 1 amide bonds. The number of hydrogen-bond donors (Lipinski definition) is 1. The molecule has 1 heterocycles. The first-order chi connectivity index (χ1) is 9.47. The molecule has 0 bridgehead atoms. The normalized spacial score (nSPS) is 28.4. The lowest BCUT2D eigenvalue weighted by Crippen LogP contribution is -2.40. The molecule has 0 aromatic heterocycles. The van der Waals surface area contributed by atoms with E-state index in [1.165, 1.54) is 44.9 Å². The summed E-state index contributed by atoms with van der Waals surface area (Å²) in [7, 11) is 0. The molecule has 20 heavy (non-hydrogen) atoms. The quantitative estimate of drug-likeness (QED) is 0.805. The Morgan fingerprint density at radius 2 is 1.75 bits per heavy atom. The van der Waals surface area contributed by atoms with E-state index >= 15 is 0 Å². The molecular weight excluding hydrogens is 248 g/mol. The summed E-state index contributed by atoms with van der Waals surface area (Å²) in [6.45, 7) is 9.58. The third-order valence-corrected chi connectivity index (χ3v) is 5.19. The number of carbonyl (C=O) groups is 1. The van der Waals surface area contributed by atoms with Gasteiger partial charge in [0.05, 0.1) is 6.54 Å². The van der Waals surface area contributed by atoms with Crippen molar-refractivity contribution >= 4 is 5.91 Å². The van der Waals surface area contributed by atoms with Crippen molar-refractivity contribution in [3.63, 3.8) is 0 Å². The predicted octanol–water partition coefficient (Wildman–Crippen LogP) is 3.19. The summed E-state index contributed by atoms with van der Waals surface area (Å²) in [6.07, 6.45) is 8.79. The van der Waals surface area contributed by atoms with E-state index in [0.29, 0.717) is 23.9 Å². The average molecular weight is 280 g/mol. The van der Waals surface area contributed by atoms with Gasteiger partial charge < -0.3 is 10.2 Å². The predicted molar refractivity (Wildman–Crippen MR) is 83.6 cm³/mol. The van der Waals surface area contributed by atoms with Crippen LogP contribution in [0, 0.1) is 11.3 Å². The van der Waals surface area contributed by atoms with Crippen LogP contribution in [0.2, 0.25) is 0 Å². The lowest BCUT2D eigenvalue weighted by atomic mass is 9.76. The van der Waals surface area contributed by atoms with Crippen molar-refractivity contribution in [1.29, 1.82) is 0 Å². The van der Waals surface area contributed by atoms with Gasteiger partial charge in [0.1, 0.15) is 0 Å². The van der Waals surface area contributed by atoms with Crippen LogP contribution in [0.3, 0.4) is 0 Å². The molecule has 1 saturated heterocycles. The summed E-state index contributed by atoms with van der Waals surface area (Å²) in [5.41, 5.74) is 0.431. The molecule has 116 valence electrons. The molecule has 2 fully saturated rings. The summed E-state index contributed by atoms with van der Waals surface area (Å²) >= 11 is 0. The summed E-state index contributed by atoms with van der Waals surface area (Å²) in [5, 5.41) is 3.52. The van der Waals surface area contributed by atoms with Crippen molar-refractivity contribution in [2.24, 2.45) is 11.3 Å². The van der Waals surface area contributed by atoms with Gasteiger partial charge in [-0.2, -0.15) is 0 Å². The van der Waals surface area contributed by atoms with Crippen LogP contribution < -0.4 is 5.32 Å². The van der Waals surface area contributed by atoms with Crippen LogP contribution in [0.4, 0.5) is 0 Å². The number of nitrogens with zero attached hydrogens (tertiary/aromatic N) is 1. The van der Waals surface area contributed by atoms with Gasteiger partial charge in [-0.05, 0) is 49.9 Å². The first-order valence-corrected chi connectivity index (χ1v) is 8.48. The van der Waals surface area contributed by atoms with Crippen molar-refractivity contribution in [2.75, 3.05) is 19.6 Å². The molecule has 0 aromatic rings. The number of hydrogen-bond acceptors (Lipinski definition) is 2. The Morgan fingerprint density at radius 1 is 1.05 bits per heavy atom. The van der Waals surface area contributed by atoms with Gasteiger partial charge in [-0.3, -0.25) is 4.79 Å². The van der Waals surface area contributed by atoms with E-state index in [1.807, 2.05) is 4.90 Å². The smallest absolute Gasteiger partial charge is 0.236 e. The van der Waals surface area contributed by atoms with Gasteiger partial charge in [-0.15, -0.1) is 0 Å². The molecule has 2 atom stereocenters. The van der Waals surface area contributed by atoms with Gasteiger partial charge >= 0.3 is 0 Å². The lowest BCUT2D eigenvalue weighted by molar-refractivity contribution is -0.129. The van der Waals surface area contributed by atoms with Gasteiger partial charge in [0.25, 0.3) is 0 Å². The lowest BCUT2D eigenvalue weighted by Gasteiger charge is -2.29. The van der Waals surface area contributed by atoms with Crippen LogP contribution >= 0.6 is 0 Å². The Kier molecular flexibility index (Phi) is 5.48. The number of amides is 1. The molecular formula is C17H32N2O. The van der Waals surface area contributed by atoms with Gasteiger partial charge in [-0.25, -0.2) is 0 Å². The van der Waals surface area contributed by atoms with E-state index in [9.17, 15) is 4.79 Å². The van der Waals surface area contributed by atoms with Gasteiger partial charge in [-0.1, -0.05) is 27.2 Å². The van der Waals surface area contributed by atoms with E-state index in [-0.39, 0.29) is 0 Å². The minimum absolute atomic E-state index is 0.305. The first-order valence-electron chi connectivity index (χ1n) is 8.48. The van der Waals surface area contributed by atoms with E-state index in [2.05, 4.69) is 26.1 Å². The number of rotatable bonds is 3.